The number of amides is 1. The Labute approximate surface area is 122 Å². The number of sulfonamides is 1. The molecule has 0 spiro atoms. The van der Waals surface area contributed by atoms with Gasteiger partial charge in [-0.25, -0.2) is 8.42 Å². The van der Waals surface area contributed by atoms with Crippen molar-refractivity contribution in [3.05, 3.63) is 53.6 Å². The molecule has 2 rings (SSSR count). The second kappa shape index (κ2) is 5.45. The standard InChI is InChI=1S/C14H15N3O3S/c1-9-4-2-7-12(15)13(9)21(19,20)17-11-6-3-5-10(8-11)14(16)18/h2-8,17H,15H2,1H3,(H2,16,18). The number of anilines is 2. The minimum absolute atomic E-state index is 0.0227. The maximum Gasteiger partial charge on any atom is 0.264 e. The van der Waals surface area contributed by atoms with Crippen LogP contribution in [0.3, 0.4) is 0 Å². The molecule has 0 unspecified atom stereocenters. The number of nitrogens with one attached hydrogen (secondary N) is 1. The molecule has 0 heterocycles. The van der Waals surface area contributed by atoms with Gasteiger partial charge < -0.3 is 11.5 Å². The number of hydrogen-bond acceptors (Lipinski definition) is 4. The van der Waals surface area contributed by atoms with Crippen molar-refractivity contribution >= 4 is 27.3 Å². The van der Waals surface area contributed by atoms with Crippen LogP contribution in [0.15, 0.2) is 47.4 Å². The number of carbonyl (C=O) groups is 1. The van der Waals surface area contributed by atoms with Gasteiger partial charge >= 0.3 is 0 Å². The quantitative estimate of drug-likeness (QED) is 0.742. The molecule has 0 aromatic heterocycles. The Bertz CT molecular complexity index is 781. The minimum Gasteiger partial charge on any atom is -0.398 e. The fourth-order valence-electron chi connectivity index (χ4n) is 1.98. The molecule has 1 amide bonds. The summed E-state index contributed by atoms with van der Waals surface area (Å²) in [6, 6.07) is 10.8. The van der Waals surface area contributed by atoms with E-state index in [0.29, 0.717) is 5.56 Å². The van der Waals surface area contributed by atoms with Gasteiger partial charge in [0.15, 0.2) is 0 Å². The molecule has 0 aliphatic rings. The first-order valence-corrected chi connectivity index (χ1v) is 7.57. The van der Waals surface area contributed by atoms with Crippen LogP contribution < -0.4 is 16.2 Å². The smallest absolute Gasteiger partial charge is 0.264 e. The number of benzene rings is 2. The Hall–Kier alpha value is -2.54. The number of carbonyl (C=O) groups excluding carboxylic acids is 1. The monoisotopic (exact) mass is 305 g/mol. The molecule has 6 nitrogen and oxygen atoms in total. The maximum atomic E-state index is 12.4. The Morgan fingerprint density at radius 1 is 1.14 bits per heavy atom. The lowest BCUT2D eigenvalue weighted by molar-refractivity contribution is 0.100. The average molecular weight is 305 g/mol. The molecular weight excluding hydrogens is 290 g/mol. The first kappa shape index (κ1) is 14.9. The van der Waals surface area contributed by atoms with Crippen molar-refractivity contribution in [3.8, 4) is 0 Å². The molecule has 21 heavy (non-hydrogen) atoms. The Kier molecular flexibility index (Phi) is 3.86. The van der Waals surface area contributed by atoms with Crippen molar-refractivity contribution in [1.82, 2.24) is 0 Å². The van der Waals surface area contributed by atoms with Crippen LogP contribution in [0, 0.1) is 6.92 Å². The summed E-state index contributed by atoms with van der Waals surface area (Å²) < 4.78 is 27.2. The van der Waals surface area contributed by atoms with Gasteiger partial charge in [-0.05, 0) is 36.8 Å². The van der Waals surface area contributed by atoms with Crippen molar-refractivity contribution in [2.75, 3.05) is 10.5 Å². The van der Waals surface area contributed by atoms with Crippen molar-refractivity contribution in [2.24, 2.45) is 5.73 Å². The summed E-state index contributed by atoms with van der Waals surface area (Å²) in [4.78, 5) is 11.1. The van der Waals surface area contributed by atoms with Crippen LogP contribution in [-0.2, 0) is 10.0 Å². The third kappa shape index (κ3) is 3.14. The normalized spacial score (nSPS) is 11.1. The highest BCUT2D eigenvalue weighted by atomic mass is 32.2. The van der Waals surface area contributed by atoms with E-state index in [2.05, 4.69) is 4.72 Å². The van der Waals surface area contributed by atoms with E-state index in [9.17, 15) is 13.2 Å². The summed E-state index contributed by atoms with van der Waals surface area (Å²) in [7, 11) is -3.84. The van der Waals surface area contributed by atoms with Gasteiger partial charge in [0.05, 0.1) is 5.69 Å². The van der Waals surface area contributed by atoms with Crippen LogP contribution in [0.2, 0.25) is 0 Å². The van der Waals surface area contributed by atoms with Crippen molar-refractivity contribution < 1.29 is 13.2 Å². The summed E-state index contributed by atoms with van der Waals surface area (Å²) >= 11 is 0. The number of rotatable bonds is 4. The van der Waals surface area contributed by atoms with Crippen molar-refractivity contribution in [3.63, 3.8) is 0 Å². The van der Waals surface area contributed by atoms with Gasteiger partial charge in [0.25, 0.3) is 10.0 Å². The van der Waals surface area contributed by atoms with E-state index >= 15 is 0 Å². The first-order chi connectivity index (χ1) is 9.81. The first-order valence-electron chi connectivity index (χ1n) is 6.09. The van der Waals surface area contributed by atoms with Gasteiger partial charge in [0.1, 0.15) is 4.90 Å². The number of aryl methyl sites for hydroxylation is 1. The maximum absolute atomic E-state index is 12.4. The molecule has 0 bridgehead atoms. The van der Waals surface area contributed by atoms with Gasteiger partial charge in [0, 0.05) is 11.3 Å². The Morgan fingerprint density at radius 2 is 1.81 bits per heavy atom. The highest BCUT2D eigenvalue weighted by Crippen LogP contribution is 2.25. The summed E-state index contributed by atoms with van der Waals surface area (Å²) in [5, 5.41) is 0. The van der Waals surface area contributed by atoms with Crippen LogP contribution in [0.4, 0.5) is 11.4 Å². The zero-order valence-corrected chi connectivity index (χ0v) is 12.1. The number of nitrogen functional groups attached to an aromatic ring is 1. The van der Waals surface area contributed by atoms with Crippen LogP contribution in [-0.4, -0.2) is 14.3 Å². The van der Waals surface area contributed by atoms with Crippen LogP contribution in [0.25, 0.3) is 0 Å². The predicted molar refractivity (Wildman–Crippen MR) is 81.4 cm³/mol. The second-order valence-electron chi connectivity index (χ2n) is 4.54. The Balaban J connectivity index is 2.43. The molecule has 2 aromatic rings. The zero-order chi connectivity index (χ0) is 15.6. The second-order valence-corrected chi connectivity index (χ2v) is 6.16. The van der Waals surface area contributed by atoms with E-state index in [4.69, 9.17) is 11.5 Å². The molecular formula is C14H15N3O3S. The summed E-state index contributed by atoms with van der Waals surface area (Å²) in [6.45, 7) is 1.66. The predicted octanol–water partition coefficient (Wildman–Crippen LogP) is 1.48. The van der Waals surface area contributed by atoms with E-state index in [0.717, 1.165) is 0 Å². The largest absolute Gasteiger partial charge is 0.398 e. The Morgan fingerprint density at radius 3 is 2.43 bits per heavy atom. The molecule has 0 radical (unpaired) electrons. The third-order valence-corrected chi connectivity index (χ3v) is 4.51. The van der Waals surface area contributed by atoms with E-state index in [1.54, 1.807) is 25.1 Å². The third-order valence-electron chi connectivity index (χ3n) is 2.91. The highest BCUT2D eigenvalue weighted by molar-refractivity contribution is 7.93. The summed E-state index contributed by atoms with van der Waals surface area (Å²) in [6.07, 6.45) is 0. The average Bonchev–Trinajstić information content (AvgIpc) is 2.37. The summed E-state index contributed by atoms with van der Waals surface area (Å²) in [5.74, 6) is -0.633. The minimum atomic E-state index is -3.84. The fraction of sp³-hybridized carbons (Fsp3) is 0.0714. The number of nitrogens with two attached hydrogens (primary N) is 2. The molecule has 0 aliphatic carbocycles. The highest BCUT2D eigenvalue weighted by Gasteiger charge is 2.20. The van der Waals surface area contributed by atoms with Gasteiger partial charge in [-0.15, -0.1) is 0 Å². The van der Waals surface area contributed by atoms with Gasteiger partial charge in [0.2, 0.25) is 5.91 Å². The molecule has 0 saturated heterocycles. The lowest BCUT2D eigenvalue weighted by atomic mass is 10.2. The van der Waals surface area contributed by atoms with Gasteiger partial charge in [-0.1, -0.05) is 18.2 Å². The van der Waals surface area contributed by atoms with Crippen molar-refractivity contribution in [1.29, 1.82) is 0 Å². The molecule has 0 atom stereocenters. The zero-order valence-electron chi connectivity index (χ0n) is 11.3. The van der Waals surface area contributed by atoms with E-state index in [1.807, 2.05) is 0 Å². The molecule has 0 aliphatic heterocycles. The lowest BCUT2D eigenvalue weighted by Gasteiger charge is -2.12. The SMILES string of the molecule is Cc1cccc(N)c1S(=O)(=O)Nc1cccc(C(N)=O)c1. The number of hydrogen-bond donors (Lipinski definition) is 3. The molecule has 110 valence electrons. The topological polar surface area (TPSA) is 115 Å². The van der Waals surface area contributed by atoms with Gasteiger partial charge in [-0.3, -0.25) is 9.52 Å². The van der Waals surface area contributed by atoms with E-state index in [1.165, 1.54) is 24.3 Å². The van der Waals surface area contributed by atoms with Crippen LogP contribution in [0.1, 0.15) is 15.9 Å². The summed E-state index contributed by atoms with van der Waals surface area (Å²) in [5.41, 5.74) is 12.1. The molecule has 0 saturated carbocycles. The van der Waals surface area contributed by atoms with Gasteiger partial charge in [-0.2, -0.15) is 0 Å². The lowest BCUT2D eigenvalue weighted by Crippen LogP contribution is -2.17. The fourth-order valence-corrected chi connectivity index (χ4v) is 3.39. The van der Waals surface area contributed by atoms with E-state index in [-0.39, 0.29) is 21.8 Å². The number of primary amides is 1. The van der Waals surface area contributed by atoms with E-state index < -0.39 is 15.9 Å². The van der Waals surface area contributed by atoms with Crippen LogP contribution in [0.5, 0.6) is 0 Å². The van der Waals surface area contributed by atoms with Crippen LogP contribution >= 0.6 is 0 Å². The van der Waals surface area contributed by atoms with Crippen molar-refractivity contribution in [2.45, 2.75) is 11.8 Å². The molecule has 7 heteroatoms. The molecule has 0 fully saturated rings. The molecule has 2 aromatic carbocycles. The molecule has 5 N–H and O–H groups in total.